The maximum atomic E-state index is 12.3. The van der Waals surface area contributed by atoms with E-state index in [0.29, 0.717) is 18.8 Å². The molecular weight excluding hydrogens is 372 g/mol. The number of methoxy groups -OCH3 is 1. The topological polar surface area (TPSA) is 59.6 Å². The molecule has 148 valence electrons. The van der Waals surface area contributed by atoms with Crippen LogP contribution in [-0.2, 0) is 4.79 Å². The van der Waals surface area contributed by atoms with E-state index < -0.39 is 0 Å². The zero-order chi connectivity index (χ0) is 18.1. The molecule has 2 N–H and O–H groups in total. The lowest BCUT2D eigenvalue weighted by Crippen LogP contribution is -2.41. The Bertz CT molecular complexity index is 554. The van der Waals surface area contributed by atoms with E-state index in [-0.39, 0.29) is 30.4 Å². The van der Waals surface area contributed by atoms with Crippen LogP contribution in [0.1, 0.15) is 44.7 Å². The minimum Gasteiger partial charge on any atom is -0.493 e. The Hall–Kier alpha value is -1.11. The zero-order valence-electron chi connectivity index (χ0n) is 15.9. The first-order valence-corrected chi connectivity index (χ1v) is 10.2. The summed E-state index contributed by atoms with van der Waals surface area (Å²) in [6, 6.07) is 6.06. The third-order valence-corrected chi connectivity index (χ3v) is 5.38. The molecule has 2 atom stereocenters. The van der Waals surface area contributed by atoms with Crippen molar-refractivity contribution in [1.29, 1.82) is 0 Å². The van der Waals surface area contributed by atoms with Gasteiger partial charge in [0.15, 0.2) is 11.5 Å². The van der Waals surface area contributed by atoms with E-state index in [0.717, 1.165) is 42.2 Å². The summed E-state index contributed by atoms with van der Waals surface area (Å²) in [4.78, 5) is 12.3. The highest BCUT2D eigenvalue weighted by atomic mass is 35.5. The van der Waals surface area contributed by atoms with Crippen LogP contribution >= 0.6 is 24.2 Å². The number of carbonyl (C=O) groups is 1. The Morgan fingerprint density at radius 2 is 2.23 bits per heavy atom. The summed E-state index contributed by atoms with van der Waals surface area (Å²) in [6.07, 6.45) is 2.63. The normalized spacial score (nSPS) is 17.7. The molecule has 0 bridgehead atoms. The Morgan fingerprint density at radius 3 is 2.88 bits per heavy atom. The number of carbonyl (C=O) groups excluding carboxylic acids is 1. The van der Waals surface area contributed by atoms with Gasteiger partial charge in [-0.3, -0.25) is 4.79 Å². The van der Waals surface area contributed by atoms with Crippen LogP contribution in [0.15, 0.2) is 18.2 Å². The summed E-state index contributed by atoms with van der Waals surface area (Å²) in [5.41, 5.74) is 1.01. The third-order valence-electron chi connectivity index (χ3n) is 4.25. The van der Waals surface area contributed by atoms with E-state index in [1.54, 1.807) is 7.11 Å². The fourth-order valence-corrected chi connectivity index (χ4v) is 3.71. The first-order chi connectivity index (χ1) is 12.1. The van der Waals surface area contributed by atoms with Crippen molar-refractivity contribution in [2.75, 3.05) is 31.8 Å². The number of rotatable bonds is 9. The number of hydrogen-bond donors (Lipinski definition) is 2. The SMILES string of the molecule is CCCCOc1ccc(C(C)NC(=O)CC2CSCCN2)cc1OC.Cl. The minimum absolute atomic E-state index is 0. The standard InChI is InChI=1S/C19H30N2O3S.ClH/c1-4-5-9-24-17-7-6-15(11-18(17)23-3)14(2)21-19(22)12-16-13-25-10-8-20-16;/h6-7,11,14,16,20H,4-5,8-10,12-13H2,1-3H3,(H,21,22);1H. The zero-order valence-corrected chi connectivity index (χ0v) is 17.5. The summed E-state index contributed by atoms with van der Waals surface area (Å²) >= 11 is 1.90. The minimum atomic E-state index is -0.0673. The smallest absolute Gasteiger partial charge is 0.222 e. The summed E-state index contributed by atoms with van der Waals surface area (Å²) in [7, 11) is 1.64. The Labute approximate surface area is 167 Å². The number of amides is 1. The van der Waals surface area contributed by atoms with Gasteiger partial charge in [0.2, 0.25) is 5.91 Å². The van der Waals surface area contributed by atoms with Crippen molar-refractivity contribution in [3.63, 3.8) is 0 Å². The van der Waals surface area contributed by atoms with Crippen LogP contribution in [0.5, 0.6) is 11.5 Å². The van der Waals surface area contributed by atoms with Gasteiger partial charge in [-0.25, -0.2) is 0 Å². The van der Waals surface area contributed by atoms with E-state index in [9.17, 15) is 4.79 Å². The van der Waals surface area contributed by atoms with Crippen molar-refractivity contribution >= 4 is 30.1 Å². The summed E-state index contributed by atoms with van der Waals surface area (Å²) < 4.78 is 11.2. The molecule has 1 aliphatic heterocycles. The number of nitrogens with one attached hydrogen (secondary N) is 2. The number of unbranched alkanes of at least 4 members (excludes halogenated alkanes) is 1. The average Bonchev–Trinajstić information content (AvgIpc) is 2.62. The predicted molar refractivity (Wildman–Crippen MR) is 111 cm³/mol. The lowest BCUT2D eigenvalue weighted by molar-refractivity contribution is -0.122. The van der Waals surface area contributed by atoms with E-state index in [2.05, 4.69) is 17.6 Å². The van der Waals surface area contributed by atoms with Gasteiger partial charge in [-0.15, -0.1) is 12.4 Å². The van der Waals surface area contributed by atoms with E-state index in [1.807, 2.05) is 36.9 Å². The Balaban J connectivity index is 0.00000338. The highest BCUT2D eigenvalue weighted by molar-refractivity contribution is 7.99. The second-order valence-corrected chi connectivity index (χ2v) is 7.48. The molecular formula is C19H31ClN2O3S. The van der Waals surface area contributed by atoms with Crippen molar-refractivity contribution in [3.8, 4) is 11.5 Å². The van der Waals surface area contributed by atoms with Crippen LogP contribution in [0.4, 0.5) is 0 Å². The van der Waals surface area contributed by atoms with Crippen LogP contribution in [0, 0.1) is 0 Å². The number of ether oxygens (including phenoxy) is 2. The van der Waals surface area contributed by atoms with Crippen molar-refractivity contribution in [2.45, 2.75) is 45.2 Å². The van der Waals surface area contributed by atoms with Crippen LogP contribution < -0.4 is 20.1 Å². The van der Waals surface area contributed by atoms with Crippen LogP contribution in [0.3, 0.4) is 0 Å². The molecule has 1 amide bonds. The Kier molecular flexibility index (Phi) is 10.9. The van der Waals surface area contributed by atoms with Gasteiger partial charge >= 0.3 is 0 Å². The van der Waals surface area contributed by atoms with Gasteiger partial charge in [0.25, 0.3) is 0 Å². The van der Waals surface area contributed by atoms with Crippen LogP contribution in [0.25, 0.3) is 0 Å². The van der Waals surface area contributed by atoms with E-state index in [1.165, 1.54) is 0 Å². The molecule has 2 rings (SSSR count). The molecule has 1 aromatic carbocycles. The maximum absolute atomic E-state index is 12.3. The first-order valence-electron chi connectivity index (χ1n) is 9.05. The van der Waals surface area contributed by atoms with Gasteiger partial charge in [0, 0.05) is 30.5 Å². The van der Waals surface area contributed by atoms with Gasteiger partial charge < -0.3 is 20.1 Å². The van der Waals surface area contributed by atoms with Gasteiger partial charge in [0.1, 0.15) is 0 Å². The van der Waals surface area contributed by atoms with Gasteiger partial charge in [0.05, 0.1) is 19.8 Å². The molecule has 1 aliphatic rings. The number of thioether (sulfide) groups is 1. The third kappa shape index (κ3) is 7.25. The number of benzene rings is 1. The van der Waals surface area contributed by atoms with Gasteiger partial charge in [-0.1, -0.05) is 19.4 Å². The lowest BCUT2D eigenvalue weighted by atomic mass is 10.1. The van der Waals surface area contributed by atoms with E-state index in [4.69, 9.17) is 9.47 Å². The highest BCUT2D eigenvalue weighted by Gasteiger charge is 2.19. The largest absolute Gasteiger partial charge is 0.493 e. The molecule has 26 heavy (non-hydrogen) atoms. The molecule has 1 aromatic rings. The molecule has 1 heterocycles. The van der Waals surface area contributed by atoms with E-state index >= 15 is 0 Å². The lowest BCUT2D eigenvalue weighted by Gasteiger charge is -2.23. The summed E-state index contributed by atoms with van der Waals surface area (Å²) in [5, 5.41) is 6.48. The van der Waals surface area contributed by atoms with Crippen LogP contribution in [0.2, 0.25) is 0 Å². The second kappa shape index (κ2) is 12.3. The fraction of sp³-hybridized carbons (Fsp3) is 0.632. The molecule has 1 saturated heterocycles. The summed E-state index contributed by atoms with van der Waals surface area (Å²) in [5.74, 6) is 3.66. The molecule has 2 unspecified atom stereocenters. The molecule has 0 spiro atoms. The molecule has 5 nitrogen and oxygen atoms in total. The van der Waals surface area contributed by atoms with Gasteiger partial charge in [-0.2, -0.15) is 11.8 Å². The predicted octanol–water partition coefficient (Wildman–Crippen LogP) is 3.57. The number of halogens is 1. The highest BCUT2D eigenvalue weighted by Crippen LogP contribution is 2.30. The van der Waals surface area contributed by atoms with Crippen molar-refractivity contribution in [2.24, 2.45) is 0 Å². The molecule has 7 heteroatoms. The monoisotopic (exact) mass is 402 g/mol. The molecule has 1 fully saturated rings. The second-order valence-electron chi connectivity index (χ2n) is 6.33. The maximum Gasteiger partial charge on any atom is 0.222 e. The fourth-order valence-electron chi connectivity index (χ4n) is 2.76. The quantitative estimate of drug-likeness (QED) is 0.618. The van der Waals surface area contributed by atoms with Crippen molar-refractivity contribution in [3.05, 3.63) is 23.8 Å². The Morgan fingerprint density at radius 1 is 1.42 bits per heavy atom. The van der Waals surface area contributed by atoms with Gasteiger partial charge in [-0.05, 0) is 31.0 Å². The van der Waals surface area contributed by atoms with Crippen LogP contribution in [-0.4, -0.2) is 43.7 Å². The summed E-state index contributed by atoms with van der Waals surface area (Å²) in [6.45, 7) is 5.79. The molecule has 0 saturated carbocycles. The first kappa shape index (κ1) is 22.9. The molecule has 0 radical (unpaired) electrons. The van der Waals surface area contributed by atoms with Crippen molar-refractivity contribution in [1.82, 2.24) is 10.6 Å². The van der Waals surface area contributed by atoms with Crippen molar-refractivity contribution < 1.29 is 14.3 Å². The number of hydrogen-bond acceptors (Lipinski definition) is 5. The molecule has 0 aromatic heterocycles. The average molecular weight is 403 g/mol. The molecule has 0 aliphatic carbocycles.